The first-order valence-corrected chi connectivity index (χ1v) is 7.48. The highest BCUT2D eigenvalue weighted by Crippen LogP contribution is 2.14. The number of benzene rings is 1. The summed E-state index contributed by atoms with van der Waals surface area (Å²) in [6.07, 6.45) is 2.32. The Morgan fingerprint density at radius 2 is 2.09 bits per heavy atom. The van der Waals surface area contributed by atoms with Gasteiger partial charge in [0.25, 0.3) is 0 Å². The van der Waals surface area contributed by atoms with Gasteiger partial charge in [-0.2, -0.15) is 0 Å². The predicted octanol–water partition coefficient (Wildman–Crippen LogP) is 0.620. The van der Waals surface area contributed by atoms with E-state index in [4.69, 9.17) is 5.73 Å². The van der Waals surface area contributed by atoms with Crippen molar-refractivity contribution in [2.75, 3.05) is 13.1 Å². The van der Waals surface area contributed by atoms with Gasteiger partial charge in [-0.25, -0.2) is 4.68 Å². The molecule has 2 rings (SSSR count). The normalized spacial score (nSPS) is 12.1. The van der Waals surface area contributed by atoms with Gasteiger partial charge in [0.2, 0.25) is 5.91 Å². The molecule has 0 bridgehead atoms. The number of tetrazole rings is 1. The van der Waals surface area contributed by atoms with Crippen molar-refractivity contribution in [2.24, 2.45) is 5.73 Å². The van der Waals surface area contributed by atoms with E-state index >= 15 is 0 Å². The molecule has 1 amide bonds. The van der Waals surface area contributed by atoms with Crippen LogP contribution in [0, 0.1) is 6.92 Å². The van der Waals surface area contributed by atoms with E-state index < -0.39 is 6.04 Å². The zero-order valence-electron chi connectivity index (χ0n) is 12.8. The van der Waals surface area contributed by atoms with E-state index in [1.807, 2.05) is 30.3 Å². The maximum atomic E-state index is 12.5. The van der Waals surface area contributed by atoms with Gasteiger partial charge in [0.05, 0.1) is 0 Å². The molecule has 1 heterocycles. The number of rotatable bonds is 8. The number of carbonyl (C=O) groups excluding carboxylic acids is 1. The van der Waals surface area contributed by atoms with Crippen LogP contribution in [0.4, 0.5) is 0 Å². The molecule has 7 heteroatoms. The second-order valence-corrected chi connectivity index (χ2v) is 5.16. The van der Waals surface area contributed by atoms with Crippen LogP contribution in [0.5, 0.6) is 0 Å². The Kier molecular flexibility index (Phi) is 6.02. The molecular formula is C15H22N6O. The Morgan fingerprint density at radius 1 is 1.32 bits per heavy atom. The Hall–Kier alpha value is -2.28. The van der Waals surface area contributed by atoms with Crippen LogP contribution in [0.2, 0.25) is 0 Å². The van der Waals surface area contributed by atoms with Gasteiger partial charge in [0, 0.05) is 13.0 Å². The maximum Gasteiger partial charge on any atom is 0.245 e. The van der Waals surface area contributed by atoms with Crippen LogP contribution < -0.4 is 11.1 Å². The molecule has 0 saturated heterocycles. The quantitative estimate of drug-likeness (QED) is 0.697. The smallest absolute Gasteiger partial charge is 0.245 e. The fourth-order valence-electron chi connectivity index (χ4n) is 2.25. The van der Waals surface area contributed by atoms with Crippen LogP contribution in [0.15, 0.2) is 30.3 Å². The number of nitrogens with two attached hydrogens (primary N) is 1. The molecule has 1 aromatic carbocycles. The Balaban J connectivity index is 2.08. The number of hydrogen-bond acceptors (Lipinski definition) is 5. The van der Waals surface area contributed by atoms with Crippen LogP contribution in [0.3, 0.4) is 0 Å². The summed E-state index contributed by atoms with van der Waals surface area (Å²) in [5, 5.41) is 14.4. The van der Waals surface area contributed by atoms with Crippen LogP contribution in [0.1, 0.15) is 30.3 Å². The molecule has 0 aliphatic rings. The van der Waals surface area contributed by atoms with Crippen LogP contribution >= 0.6 is 0 Å². The molecule has 7 nitrogen and oxygen atoms in total. The molecule has 0 saturated carbocycles. The maximum absolute atomic E-state index is 12.5. The van der Waals surface area contributed by atoms with Gasteiger partial charge in [-0.15, -0.1) is 5.10 Å². The lowest BCUT2D eigenvalue weighted by molar-refractivity contribution is -0.124. The van der Waals surface area contributed by atoms with Crippen molar-refractivity contribution in [3.05, 3.63) is 41.7 Å². The van der Waals surface area contributed by atoms with Crippen LogP contribution in [-0.2, 0) is 11.2 Å². The van der Waals surface area contributed by atoms with Gasteiger partial charge in [0.1, 0.15) is 11.9 Å². The SMILES string of the molecule is Cc1nnnn1C(Cc1ccccc1)C(=O)NCCCCN. The second-order valence-electron chi connectivity index (χ2n) is 5.16. The summed E-state index contributed by atoms with van der Waals surface area (Å²) in [5.41, 5.74) is 6.53. The van der Waals surface area contributed by atoms with Crippen LogP contribution in [0.25, 0.3) is 0 Å². The minimum atomic E-state index is -0.449. The van der Waals surface area contributed by atoms with E-state index in [-0.39, 0.29) is 5.91 Å². The van der Waals surface area contributed by atoms with Crippen LogP contribution in [-0.4, -0.2) is 39.2 Å². The summed E-state index contributed by atoms with van der Waals surface area (Å²) in [6.45, 7) is 3.04. The van der Waals surface area contributed by atoms with Gasteiger partial charge in [-0.05, 0) is 42.3 Å². The summed E-state index contributed by atoms with van der Waals surface area (Å²) in [5.74, 6) is 0.550. The molecule has 1 atom stereocenters. The molecule has 3 N–H and O–H groups in total. The van der Waals surface area contributed by atoms with Crippen molar-refractivity contribution < 1.29 is 4.79 Å². The first-order valence-electron chi connectivity index (χ1n) is 7.48. The van der Waals surface area contributed by atoms with E-state index in [2.05, 4.69) is 20.8 Å². The third-order valence-corrected chi connectivity index (χ3v) is 3.46. The number of nitrogens with zero attached hydrogens (tertiary/aromatic N) is 4. The average molecular weight is 302 g/mol. The number of amides is 1. The van der Waals surface area contributed by atoms with Gasteiger partial charge >= 0.3 is 0 Å². The van der Waals surface area contributed by atoms with Crippen molar-refractivity contribution >= 4 is 5.91 Å². The second kappa shape index (κ2) is 8.23. The van der Waals surface area contributed by atoms with Gasteiger partial charge in [0.15, 0.2) is 0 Å². The van der Waals surface area contributed by atoms with Crippen molar-refractivity contribution in [3.8, 4) is 0 Å². The monoisotopic (exact) mass is 302 g/mol. The third kappa shape index (κ3) is 4.36. The molecule has 0 spiro atoms. The topological polar surface area (TPSA) is 98.7 Å². The van der Waals surface area contributed by atoms with Gasteiger partial charge < -0.3 is 11.1 Å². The minimum absolute atomic E-state index is 0.0729. The number of hydrogen-bond donors (Lipinski definition) is 2. The lowest BCUT2D eigenvalue weighted by Gasteiger charge is -2.17. The fraction of sp³-hybridized carbons (Fsp3) is 0.467. The van der Waals surface area contributed by atoms with E-state index in [0.717, 1.165) is 18.4 Å². The Morgan fingerprint density at radius 3 is 2.73 bits per heavy atom. The lowest BCUT2D eigenvalue weighted by atomic mass is 10.1. The Bertz CT molecular complexity index is 583. The molecule has 22 heavy (non-hydrogen) atoms. The van der Waals surface area contributed by atoms with Gasteiger partial charge in [-0.3, -0.25) is 4.79 Å². The molecule has 118 valence electrons. The van der Waals surface area contributed by atoms with E-state index in [1.165, 1.54) is 0 Å². The fourth-order valence-corrected chi connectivity index (χ4v) is 2.25. The first-order chi connectivity index (χ1) is 10.7. The van der Waals surface area contributed by atoms with E-state index in [1.54, 1.807) is 11.6 Å². The van der Waals surface area contributed by atoms with Crippen molar-refractivity contribution in [2.45, 2.75) is 32.2 Å². The highest BCUT2D eigenvalue weighted by atomic mass is 16.2. The zero-order valence-corrected chi connectivity index (χ0v) is 12.8. The highest BCUT2D eigenvalue weighted by Gasteiger charge is 2.23. The number of aromatic nitrogens is 4. The minimum Gasteiger partial charge on any atom is -0.354 e. The third-order valence-electron chi connectivity index (χ3n) is 3.46. The number of aryl methyl sites for hydroxylation is 1. The summed E-state index contributed by atoms with van der Waals surface area (Å²) in [7, 11) is 0. The largest absolute Gasteiger partial charge is 0.354 e. The standard InChI is InChI=1S/C15H22N6O/c1-12-18-19-20-21(12)14(11-13-7-3-2-4-8-13)15(22)17-10-6-5-9-16/h2-4,7-8,14H,5-6,9-11,16H2,1H3,(H,17,22). The van der Waals surface area contributed by atoms with E-state index in [0.29, 0.717) is 25.3 Å². The molecular weight excluding hydrogens is 280 g/mol. The predicted molar refractivity (Wildman–Crippen MR) is 83.0 cm³/mol. The summed E-state index contributed by atoms with van der Waals surface area (Å²) in [6, 6.07) is 9.40. The first kappa shape index (κ1) is 16.1. The molecule has 1 unspecified atom stereocenters. The molecule has 0 fully saturated rings. The molecule has 2 aromatic rings. The number of unbranched alkanes of at least 4 members (excludes halogenated alkanes) is 1. The Labute approximate surface area is 129 Å². The zero-order chi connectivity index (χ0) is 15.8. The van der Waals surface area contributed by atoms with Gasteiger partial charge in [-0.1, -0.05) is 30.3 Å². The number of carbonyl (C=O) groups is 1. The highest BCUT2D eigenvalue weighted by molar-refractivity contribution is 5.80. The molecule has 0 radical (unpaired) electrons. The number of nitrogens with one attached hydrogen (secondary N) is 1. The van der Waals surface area contributed by atoms with Crippen molar-refractivity contribution in [1.82, 2.24) is 25.5 Å². The lowest BCUT2D eigenvalue weighted by Crippen LogP contribution is -2.35. The average Bonchev–Trinajstić information content (AvgIpc) is 2.96. The molecule has 0 aliphatic heterocycles. The van der Waals surface area contributed by atoms with E-state index in [9.17, 15) is 4.79 Å². The molecule has 0 aliphatic carbocycles. The summed E-state index contributed by atoms with van der Waals surface area (Å²) >= 11 is 0. The summed E-state index contributed by atoms with van der Waals surface area (Å²) < 4.78 is 1.57. The molecule has 1 aromatic heterocycles. The summed E-state index contributed by atoms with van der Waals surface area (Å²) in [4.78, 5) is 12.5. The van der Waals surface area contributed by atoms with Crippen molar-refractivity contribution in [3.63, 3.8) is 0 Å². The van der Waals surface area contributed by atoms with Crippen molar-refractivity contribution in [1.29, 1.82) is 0 Å².